The lowest BCUT2D eigenvalue weighted by Crippen LogP contribution is -2.16. The van der Waals surface area contributed by atoms with E-state index in [1.807, 2.05) is 6.07 Å². The lowest BCUT2D eigenvalue weighted by molar-refractivity contribution is 0.0301. The third kappa shape index (κ3) is 2.77. The van der Waals surface area contributed by atoms with E-state index in [9.17, 15) is 4.79 Å². The molecule has 1 aliphatic heterocycles. The number of hydrogen-bond donors (Lipinski definition) is 1. The lowest BCUT2D eigenvalue weighted by Gasteiger charge is -2.09. The van der Waals surface area contributed by atoms with E-state index in [4.69, 9.17) is 15.2 Å². The van der Waals surface area contributed by atoms with Gasteiger partial charge < -0.3 is 15.2 Å². The first-order valence-electron chi connectivity index (χ1n) is 5.21. The molecule has 0 aromatic carbocycles. The predicted octanol–water partition coefficient (Wildman–Crippen LogP) is 0.486. The van der Waals surface area contributed by atoms with Crippen molar-refractivity contribution >= 4 is 5.91 Å². The molecule has 5 heteroatoms. The van der Waals surface area contributed by atoms with Crippen LogP contribution in [-0.4, -0.2) is 30.2 Å². The van der Waals surface area contributed by atoms with Crippen molar-refractivity contribution in [1.29, 1.82) is 0 Å². The molecular formula is C11H14N2O3. The Hall–Kier alpha value is -1.46. The Bertz CT molecular complexity index is 375. The van der Waals surface area contributed by atoms with Crippen LogP contribution in [0.1, 0.15) is 22.6 Å². The van der Waals surface area contributed by atoms with Crippen LogP contribution >= 0.6 is 0 Å². The fourth-order valence-electron chi connectivity index (χ4n) is 1.54. The van der Waals surface area contributed by atoms with Crippen LogP contribution in [0.5, 0.6) is 0 Å². The van der Waals surface area contributed by atoms with Gasteiger partial charge in [0.25, 0.3) is 5.91 Å². The van der Waals surface area contributed by atoms with Crippen LogP contribution in [0.15, 0.2) is 18.2 Å². The van der Waals surface area contributed by atoms with Gasteiger partial charge in [-0.1, -0.05) is 6.07 Å². The van der Waals surface area contributed by atoms with Gasteiger partial charge in [0.15, 0.2) is 0 Å². The maximum absolute atomic E-state index is 10.9. The van der Waals surface area contributed by atoms with E-state index >= 15 is 0 Å². The number of hydrogen-bond acceptors (Lipinski definition) is 4. The minimum atomic E-state index is -0.522. The summed E-state index contributed by atoms with van der Waals surface area (Å²) >= 11 is 0. The molecule has 2 N–H and O–H groups in total. The molecule has 16 heavy (non-hydrogen) atoms. The number of amides is 1. The fraction of sp³-hybridized carbons (Fsp3) is 0.455. The van der Waals surface area contributed by atoms with Crippen LogP contribution in [-0.2, 0) is 16.1 Å². The van der Waals surface area contributed by atoms with Crippen LogP contribution in [0.4, 0.5) is 0 Å². The molecule has 0 spiro atoms. The summed E-state index contributed by atoms with van der Waals surface area (Å²) in [5.74, 6) is -0.522. The Kier molecular flexibility index (Phi) is 3.48. The zero-order valence-electron chi connectivity index (χ0n) is 8.89. The fourth-order valence-corrected chi connectivity index (χ4v) is 1.54. The third-order valence-electron chi connectivity index (χ3n) is 2.41. The van der Waals surface area contributed by atoms with Crippen LogP contribution in [0.3, 0.4) is 0 Å². The molecule has 5 nitrogen and oxygen atoms in total. The van der Waals surface area contributed by atoms with Gasteiger partial charge in [-0.25, -0.2) is 4.98 Å². The van der Waals surface area contributed by atoms with E-state index in [1.165, 1.54) is 0 Å². The number of carbonyl (C=O) groups excluding carboxylic acids is 1. The molecule has 1 aromatic heterocycles. The summed E-state index contributed by atoms with van der Waals surface area (Å²) < 4.78 is 10.8. The normalized spacial score (nSPS) is 19.9. The Labute approximate surface area is 93.6 Å². The number of rotatable bonds is 4. The largest absolute Gasteiger partial charge is 0.379 e. The molecule has 1 amide bonds. The molecule has 2 heterocycles. The van der Waals surface area contributed by atoms with Crippen LogP contribution in [0.2, 0.25) is 0 Å². The number of ether oxygens (including phenoxy) is 2. The highest BCUT2D eigenvalue weighted by Crippen LogP contribution is 2.10. The van der Waals surface area contributed by atoms with Gasteiger partial charge in [-0.15, -0.1) is 0 Å². The predicted molar refractivity (Wildman–Crippen MR) is 56.8 cm³/mol. The first-order valence-corrected chi connectivity index (χ1v) is 5.21. The molecule has 86 valence electrons. The van der Waals surface area contributed by atoms with Crippen LogP contribution in [0, 0.1) is 0 Å². The van der Waals surface area contributed by atoms with E-state index in [0.717, 1.165) is 13.0 Å². The standard InChI is InChI=1S/C11H14N2O3/c12-11(14)10-3-1-2-8(13-10)6-16-9-4-5-15-7-9/h1-3,9H,4-7H2,(H2,12,14). The van der Waals surface area contributed by atoms with Crippen molar-refractivity contribution in [3.63, 3.8) is 0 Å². The zero-order valence-corrected chi connectivity index (χ0v) is 8.89. The average Bonchev–Trinajstić information content (AvgIpc) is 2.79. The number of nitrogens with zero attached hydrogens (tertiary/aromatic N) is 1. The van der Waals surface area contributed by atoms with E-state index in [1.54, 1.807) is 12.1 Å². The molecule has 0 aliphatic carbocycles. The second kappa shape index (κ2) is 5.05. The number of nitrogens with two attached hydrogens (primary N) is 1. The SMILES string of the molecule is NC(=O)c1cccc(COC2CCOC2)n1. The van der Waals surface area contributed by atoms with Gasteiger partial charge in [0, 0.05) is 6.61 Å². The number of aromatic nitrogens is 1. The molecule has 2 rings (SSSR count). The Morgan fingerprint density at radius 1 is 1.62 bits per heavy atom. The molecule has 1 atom stereocenters. The minimum Gasteiger partial charge on any atom is -0.379 e. The van der Waals surface area contributed by atoms with E-state index in [0.29, 0.717) is 18.9 Å². The summed E-state index contributed by atoms with van der Waals surface area (Å²) in [4.78, 5) is 15.0. The summed E-state index contributed by atoms with van der Waals surface area (Å²) in [7, 11) is 0. The average molecular weight is 222 g/mol. The van der Waals surface area contributed by atoms with Gasteiger partial charge in [-0.3, -0.25) is 4.79 Å². The molecular weight excluding hydrogens is 208 g/mol. The maximum atomic E-state index is 10.9. The minimum absolute atomic E-state index is 0.138. The number of primary amides is 1. The highest BCUT2D eigenvalue weighted by atomic mass is 16.5. The molecule has 1 aliphatic rings. The summed E-state index contributed by atoms with van der Waals surface area (Å²) in [5.41, 5.74) is 6.12. The molecule has 0 radical (unpaired) electrons. The molecule has 1 fully saturated rings. The summed E-state index contributed by atoms with van der Waals surface area (Å²) in [6.45, 7) is 1.77. The van der Waals surface area contributed by atoms with Crippen molar-refractivity contribution in [1.82, 2.24) is 4.98 Å². The molecule has 1 aromatic rings. The topological polar surface area (TPSA) is 74.4 Å². The van der Waals surface area contributed by atoms with Crippen molar-refractivity contribution in [2.45, 2.75) is 19.1 Å². The summed E-state index contributed by atoms with van der Waals surface area (Å²) in [6, 6.07) is 5.14. The Morgan fingerprint density at radius 3 is 3.19 bits per heavy atom. The van der Waals surface area contributed by atoms with Crippen molar-refractivity contribution in [2.24, 2.45) is 5.73 Å². The second-order valence-electron chi connectivity index (χ2n) is 3.68. The van der Waals surface area contributed by atoms with Gasteiger partial charge in [0.05, 0.1) is 25.0 Å². The first-order chi connectivity index (χ1) is 7.75. The second-order valence-corrected chi connectivity index (χ2v) is 3.68. The van der Waals surface area contributed by atoms with E-state index in [2.05, 4.69) is 4.98 Å². The molecule has 1 saturated heterocycles. The van der Waals surface area contributed by atoms with Crippen molar-refractivity contribution in [3.8, 4) is 0 Å². The Morgan fingerprint density at radius 2 is 2.50 bits per heavy atom. The van der Waals surface area contributed by atoms with E-state index in [-0.39, 0.29) is 11.8 Å². The number of carbonyl (C=O) groups is 1. The first kappa shape index (κ1) is 11.0. The summed E-state index contributed by atoms with van der Waals surface area (Å²) in [5, 5.41) is 0. The quantitative estimate of drug-likeness (QED) is 0.804. The molecule has 1 unspecified atom stereocenters. The number of pyridine rings is 1. The maximum Gasteiger partial charge on any atom is 0.267 e. The smallest absolute Gasteiger partial charge is 0.267 e. The van der Waals surface area contributed by atoms with Gasteiger partial charge in [-0.05, 0) is 18.6 Å². The van der Waals surface area contributed by atoms with Gasteiger partial charge >= 0.3 is 0 Å². The van der Waals surface area contributed by atoms with Crippen molar-refractivity contribution < 1.29 is 14.3 Å². The highest BCUT2D eigenvalue weighted by Gasteiger charge is 2.16. The third-order valence-corrected chi connectivity index (χ3v) is 2.41. The molecule has 0 bridgehead atoms. The zero-order chi connectivity index (χ0) is 11.4. The van der Waals surface area contributed by atoms with Crippen molar-refractivity contribution in [2.75, 3.05) is 13.2 Å². The lowest BCUT2D eigenvalue weighted by atomic mass is 10.3. The Balaban J connectivity index is 1.93. The molecule has 0 saturated carbocycles. The van der Waals surface area contributed by atoms with Crippen LogP contribution < -0.4 is 5.73 Å². The highest BCUT2D eigenvalue weighted by molar-refractivity contribution is 5.90. The van der Waals surface area contributed by atoms with Gasteiger partial charge in [-0.2, -0.15) is 0 Å². The monoisotopic (exact) mass is 222 g/mol. The summed E-state index contributed by atoms with van der Waals surface area (Å²) in [6.07, 6.45) is 1.05. The van der Waals surface area contributed by atoms with Crippen LogP contribution in [0.25, 0.3) is 0 Å². The van der Waals surface area contributed by atoms with Gasteiger partial charge in [0.2, 0.25) is 0 Å². The van der Waals surface area contributed by atoms with Gasteiger partial charge in [0.1, 0.15) is 5.69 Å². The van der Waals surface area contributed by atoms with E-state index < -0.39 is 5.91 Å². The van der Waals surface area contributed by atoms with Crippen molar-refractivity contribution in [3.05, 3.63) is 29.6 Å².